The normalized spacial score (nSPS) is 10.2. The van der Waals surface area contributed by atoms with Gasteiger partial charge in [0.1, 0.15) is 0 Å². The Hall–Kier alpha value is -1.51. The summed E-state index contributed by atoms with van der Waals surface area (Å²) in [6.07, 6.45) is 4.02. The lowest BCUT2D eigenvalue weighted by Gasteiger charge is -2.14. The third-order valence-corrected chi connectivity index (χ3v) is 3.74. The van der Waals surface area contributed by atoms with Gasteiger partial charge in [-0.3, -0.25) is 4.68 Å². The number of hydrogen-bond donors (Lipinski definition) is 0. The second-order valence-corrected chi connectivity index (χ2v) is 7.04. The van der Waals surface area contributed by atoms with Gasteiger partial charge < -0.3 is 4.57 Å². The molecule has 0 radical (unpaired) electrons. The van der Waals surface area contributed by atoms with Crippen molar-refractivity contribution in [3.8, 4) is 0 Å². The molecule has 0 fully saturated rings. The van der Waals surface area contributed by atoms with E-state index < -0.39 is 0 Å². The van der Waals surface area contributed by atoms with E-state index in [0.717, 1.165) is 0 Å². The Kier molecular flexibility index (Phi) is 15.0. The van der Waals surface area contributed by atoms with Crippen molar-refractivity contribution in [2.24, 2.45) is 0 Å². The summed E-state index contributed by atoms with van der Waals surface area (Å²) in [5, 5.41) is 4.25. The van der Waals surface area contributed by atoms with Gasteiger partial charge in [0, 0.05) is 35.9 Å². The molecule has 152 valence electrons. The van der Waals surface area contributed by atoms with Crippen molar-refractivity contribution >= 4 is 0 Å². The monoisotopic (exact) mass is 363 g/mol. The third-order valence-electron chi connectivity index (χ3n) is 3.74. The van der Waals surface area contributed by atoms with Crippen molar-refractivity contribution in [1.29, 1.82) is 0 Å². The van der Waals surface area contributed by atoms with Crippen LogP contribution in [0.2, 0.25) is 0 Å². The number of aromatic nitrogens is 3. The van der Waals surface area contributed by atoms with Gasteiger partial charge in [0.15, 0.2) is 0 Å². The van der Waals surface area contributed by atoms with E-state index in [1.807, 2.05) is 33.9 Å². The van der Waals surface area contributed by atoms with Gasteiger partial charge in [-0.05, 0) is 57.7 Å². The van der Waals surface area contributed by atoms with E-state index >= 15 is 0 Å². The maximum absolute atomic E-state index is 4.25. The highest BCUT2D eigenvalue weighted by Crippen LogP contribution is 2.19. The van der Waals surface area contributed by atoms with Crippen LogP contribution < -0.4 is 0 Å². The van der Waals surface area contributed by atoms with E-state index in [9.17, 15) is 0 Å². The molecule has 0 aliphatic heterocycles. The molecule has 2 aromatic rings. The molecule has 0 atom stereocenters. The average Bonchev–Trinajstić information content (AvgIpc) is 3.28. The largest absolute Gasteiger partial charge is 0.349 e. The van der Waals surface area contributed by atoms with Gasteiger partial charge in [-0.2, -0.15) is 5.10 Å². The second kappa shape index (κ2) is 14.6. The van der Waals surface area contributed by atoms with Crippen LogP contribution in [0.25, 0.3) is 0 Å². The Labute approximate surface area is 163 Å². The van der Waals surface area contributed by atoms with Crippen LogP contribution in [0.15, 0.2) is 30.6 Å². The van der Waals surface area contributed by atoms with Crippen molar-refractivity contribution in [2.45, 2.75) is 107 Å². The molecular formula is C23H45N3. The summed E-state index contributed by atoms with van der Waals surface area (Å²) in [5.74, 6) is 1.20. The maximum Gasteiger partial charge on any atom is 0.0492 e. The molecule has 0 spiro atoms. The lowest BCUT2D eigenvalue weighted by atomic mass is 10.1. The summed E-state index contributed by atoms with van der Waals surface area (Å²) in [4.78, 5) is 0. The highest BCUT2D eigenvalue weighted by Gasteiger charge is 2.08. The summed E-state index contributed by atoms with van der Waals surface area (Å²) in [6.45, 7) is 25.6. The predicted octanol–water partition coefficient (Wildman–Crippen LogP) is 7.83. The van der Waals surface area contributed by atoms with Crippen molar-refractivity contribution in [2.75, 3.05) is 0 Å². The van der Waals surface area contributed by atoms with E-state index in [-0.39, 0.29) is 0 Å². The van der Waals surface area contributed by atoms with Crippen LogP contribution in [0.5, 0.6) is 0 Å². The first-order valence-corrected chi connectivity index (χ1v) is 10.5. The summed E-state index contributed by atoms with van der Waals surface area (Å²) >= 11 is 0. The molecule has 2 heterocycles. The third kappa shape index (κ3) is 8.73. The van der Waals surface area contributed by atoms with Gasteiger partial charge in [0.2, 0.25) is 0 Å². The van der Waals surface area contributed by atoms with E-state index in [0.29, 0.717) is 23.9 Å². The molecule has 0 aliphatic carbocycles. The van der Waals surface area contributed by atoms with Gasteiger partial charge in [-0.25, -0.2) is 0 Å². The second-order valence-electron chi connectivity index (χ2n) is 7.04. The number of rotatable bonds is 4. The highest BCUT2D eigenvalue weighted by atomic mass is 15.3. The highest BCUT2D eigenvalue weighted by molar-refractivity contribution is 5.11. The van der Waals surface area contributed by atoms with Crippen molar-refractivity contribution in [3.63, 3.8) is 0 Å². The molecule has 2 aromatic heterocycles. The van der Waals surface area contributed by atoms with Gasteiger partial charge in [-0.1, -0.05) is 55.4 Å². The molecule has 0 saturated carbocycles. The molecule has 0 unspecified atom stereocenters. The summed E-state index contributed by atoms with van der Waals surface area (Å²) in [5.41, 5.74) is 2.75. The number of nitrogens with zero attached hydrogens (tertiary/aromatic N) is 3. The fourth-order valence-electron chi connectivity index (χ4n) is 2.58. The van der Waals surface area contributed by atoms with Crippen LogP contribution in [0, 0.1) is 0 Å². The van der Waals surface area contributed by atoms with Crippen LogP contribution in [0.3, 0.4) is 0 Å². The van der Waals surface area contributed by atoms with Crippen molar-refractivity contribution in [1.82, 2.24) is 14.3 Å². The first-order valence-electron chi connectivity index (χ1n) is 10.5. The minimum absolute atomic E-state index is 0.474. The summed E-state index contributed by atoms with van der Waals surface area (Å²) < 4.78 is 4.40. The Bertz CT molecular complexity index is 450. The Balaban J connectivity index is 0. The molecule has 0 saturated heterocycles. The van der Waals surface area contributed by atoms with Gasteiger partial charge >= 0.3 is 0 Å². The Morgan fingerprint density at radius 2 is 1.19 bits per heavy atom. The Morgan fingerprint density at radius 3 is 1.50 bits per heavy atom. The molecule has 2 rings (SSSR count). The lowest BCUT2D eigenvalue weighted by Crippen LogP contribution is -2.08. The van der Waals surface area contributed by atoms with Crippen molar-refractivity contribution in [3.05, 3.63) is 42.0 Å². The minimum atomic E-state index is 0.474. The van der Waals surface area contributed by atoms with E-state index in [2.05, 4.69) is 94.1 Å². The standard InChI is InChI=1S/C10H17N.C9H16N2.2C2H6/c1-8(2)10-6-5-7-11(10)9(3)4;1-7(2)9-5-6-10-11(9)8(3)4;2*1-2/h5-9H,1-4H3;5-8H,1-4H3;2*1-2H3. The van der Waals surface area contributed by atoms with Crippen LogP contribution in [-0.4, -0.2) is 14.3 Å². The smallest absolute Gasteiger partial charge is 0.0492 e. The van der Waals surface area contributed by atoms with Crippen LogP contribution in [-0.2, 0) is 0 Å². The first kappa shape index (κ1) is 26.7. The minimum Gasteiger partial charge on any atom is -0.349 e. The SMILES string of the molecule is CC.CC.CC(C)c1cccn1C(C)C.CC(C)c1ccnn1C(C)C. The topological polar surface area (TPSA) is 22.8 Å². The fourth-order valence-corrected chi connectivity index (χ4v) is 2.58. The zero-order valence-electron chi connectivity index (χ0n) is 19.5. The summed E-state index contributed by atoms with van der Waals surface area (Å²) in [7, 11) is 0. The lowest BCUT2D eigenvalue weighted by molar-refractivity contribution is 0.498. The van der Waals surface area contributed by atoms with Crippen LogP contribution >= 0.6 is 0 Å². The van der Waals surface area contributed by atoms with E-state index in [4.69, 9.17) is 0 Å². The quantitative estimate of drug-likeness (QED) is 0.542. The van der Waals surface area contributed by atoms with Crippen LogP contribution in [0.1, 0.15) is 118 Å². The van der Waals surface area contributed by atoms with E-state index in [1.54, 1.807) is 0 Å². The van der Waals surface area contributed by atoms with Gasteiger partial charge in [0.05, 0.1) is 0 Å². The van der Waals surface area contributed by atoms with Crippen molar-refractivity contribution < 1.29 is 0 Å². The first-order chi connectivity index (χ1) is 12.3. The zero-order chi connectivity index (χ0) is 20.9. The molecule has 0 amide bonds. The van der Waals surface area contributed by atoms with Crippen LogP contribution in [0.4, 0.5) is 0 Å². The molecule has 3 heteroatoms. The fraction of sp³-hybridized carbons (Fsp3) is 0.696. The summed E-state index contributed by atoms with van der Waals surface area (Å²) in [6, 6.07) is 7.47. The molecule has 0 aromatic carbocycles. The molecule has 26 heavy (non-hydrogen) atoms. The zero-order valence-corrected chi connectivity index (χ0v) is 19.5. The van der Waals surface area contributed by atoms with E-state index in [1.165, 1.54) is 11.4 Å². The molecule has 0 bridgehead atoms. The average molecular weight is 364 g/mol. The predicted molar refractivity (Wildman–Crippen MR) is 118 cm³/mol. The maximum atomic E-state index is 4.25. The molecule has 3 nitrogen and oxygen atoms in total. The Morgan fingerprint density at radius 1 is 0.692 bits per heavy atom. The number of hydrogen-bond acceptors (Lipinski definition) is 1. The molecule has 0 aliphatic rings. The molecule has 0 N–H and O–H groups in total. The van der Waals surface area contributed by atoms with Gasteiger partial charge in [0.25, 0.3) is 0 Å². The molecular weight excluding hydrogens is 318 g/mol. The van der Waals surface area contributed by atoms with Gasteiger partial charge in [-0.15, -0.1) is 0 Å².